The standard InChI is InChI=1S/C23H26N2O4S/c1-15(2)29-12-4-11-24-22(26)17-7-10-20-19(14-17)25-23(27)21(30-20)13-16-5-8-18(28-3)9-6-16/h5-10,13-15,20H,4,11-12H2,1-3H3,(H,24,26)/b21-13+. The molecule has 1 unspecified atom stereocenters. The van der Waals surface area contributed by atoms with Gasteiger partial charge in [0.1, 0.15) is 5.75 Å². The Bertz CT molecular complexity index is 914. The summed E-state index contributed by atoms with van der Waals surface area (Å²) in [5.74, 6) is 0.298. The molecule has 7 heteroatoms. The van der Waals surface area contributed by atoms with Gasteiger partial charge in [0.2, 0.25) is 0 Å². The molecular formula is C23H26N2O4S. The van der Waals surface area contributed by atoms with Gasteiger partial charge in [0.25, 0.3) is 11.8 Å². The predicted octanol–water partition coefficient (Wildman–Crippen LogP) is 3.55. The van der Waals surface area contributed by atoms with Crippen LogP contribution in [0.4, 0.5) is 0 Å². The van der Waals surface area contributed by atoms with Gasteiger partial charge in [0, 0.05) is 18.7 Å². The lowest BCUT2D eigenvalue weighted by Crippen LogP contribution is -2.30. The number of hydrogen-bond donors (Lipinski definition) is 1. The minimum Gasteiger partial charge on any atom is -0.497 e. The third-order valence-corrected chi connectivity index (χ3v) is 5.67. The molecule has 0 saturated carbocycles. The van der Waals surface area contributed by atoms with Crippen LogP contribution in [0.2, 0.25) is 0 Å². The van der Waals surface area contributed by atoms with Crippen molar-refractivity contribution in [2.75, 3.05) is 20.3 Å². The summed E-state index contributed by atoms with van der Waals surface area (Å²) in [5.41, 5.74) is 2.01. The van der Waals surface area contributed by atoms with Crippen molar-refractivity contribution in [2.45, 2.75) is 31.6 Å². The van der Waals surface area contributed by atoms with Crippen LogP contribution in [0.15, 0.2) is 58.0 Å². The van der Waals surface area contributed by atoms with Gasteiger partial charge < -0.3 is 14.8 Å². The predicted molar refractivity (Wildman–Crippen MR) is 121 cm³/mol. The van der Waals surface area contributed by atoms with Crippen molar-refractivity contribution >= 4 is 35.4 Å². The number of rotatable bonds is 8. The summed E-state index contributed by atoms with van der Waals surface area (Å²) < 4.78 is 10.6. The largest absolute Gasteiger partial charge is 0.497 e. The van der Waals surface area contributed by atoms with E-state index in [-0.39, 0.29) is 23.2 Å². The lowest BCUT2D eigenvalue weighted by Gasteiger charge is -2.22. The van der Waals surface area contributed by atoms with Gasteiger partial charge in [-0.05, 0) is 50.1 Å². The normalized spacial score (nSPS) is 19.4. The van der Waals surface area contributed by atoms with Crippen molar-refractivity contribution in [3.63, 3.8) is 0 Å². The van der Waals surface area contributed by atoms with Crippen LogP contribution in [0.1, 0.15) is 25.8 Å². The maximum Gasteiger partial charge on any atom is 0.283 e. The molecule has 0 saturated heterocycles. The Labute approximate surface area is 181 Å². The number of thioether (sulfide) groups is 1. The van der Waals surface area contributed by atoms with Crippen LogP contribution in [0, 0.1) is 0 Å². The minimum absolute atomic E-state index is 0.0804. The van der Waals surface area contributed by atoms with Gasteiger partial charge in [-0.1, -0.05) is 24.3 Å². The quantitative estimate of drug-likeness (QED) is 0.508. The van der Waals surface area contributed by atoms with Gasteiger partial charge in [-0.2, -0.15) is 0 Å². The van der Waals surface area contributed by atoms with Crippen molar-refractivity contribution in [3.8, 4) is 5.75 Å². The van der Waals surface area contributed by atoms with Crippen molar-refractivity contribution in [1.29, 1.82) is 0 Å². The molecule has 30 heavy (non-hydrogen) atoms. The molecule has 1 aromatic carbocycles. The number of nitrogens with zero attached hydrogens (tertiary/aromatic N) is 1. The van der Waals surface area contributed by atoms with E-state index < -0.39 is 0 Å². The average molecular weight is 427 g/mol. The van der Waals surface area contributed by atoms with Crippen molar-refractivity contribution < 1.29 is 19.1 Å². The highest BCUT2D eigenvalue weighted by molar-refractivity contribution is 8.05. The van der Waals surface area contributed by atoms with Crippen molar-refractivity contribution in [3.05, 3.63) is 58.5 Å². The van der Waals surface area contributed by atoms with Crippen LogP contribution < -0.4 is 10.1 Å². The first-order valence-corrected chi connectivity index (χ1v) is 10.8. The van der Waals surface area contributed by atoms with Gasteiger partial charge >= 0.3 is 0 Å². The monoisotopic (exact) mass is 426 g/mol. The maximum atomic E-state index is 12.5. The fourth-order valence-corrected chi connectivity index (χ4v) is 3.94. The van der Waals surface area contributed by atoms with E-state index in [0.717, 1.165) is 17.7 Å². The van der Waals surface area contributed by atoms with E-state index in [4.69, 9.17) is 9.47 Å². The van der Waals surface area contributed by atoms with Crippen LogP contribution in [0.5, 0.6) is 5.75 Å². The zero-order valence-corrected chi connectivity index (χ0v) is 18.2. The summed E-state index contributed by atoms with van der Waals surface area (Å²) in [4.78, 5) is 29.6. The molecule has 158 valence electrons. The Balaban J connectivity index is 1.62. The van der Waals surface area contributed by atoms with Crippen LogP contribution >= 0.6 is 11.8 Å². The Kier molecular flexibility index (Phi) is 7.65. The Morgan fingerprint density at radius 2 is 2.07 bits per heavy atom. The second-order valence-corrected chi connectivity index (χ2v) is 8.33. The molecule has 0 radical (unpaired) electrons. The number of benzene rings is 1. The molecule has 1 aliphatic carbocycles. The van der Waals surface area contributed by atoms with E-state index in [9.17, 15) is 9.59 Å². The third-order valence-electron chi connectivity index (χ3n) is 4.47. The first-order valence-electron chi connectivity index (χ1n) is 9.91. The van der Waals surface area contributed by atoms with E-state index in [1.807, 2.05) is 50.3 Å². The number of hydrogen-bond acceptors (Lipinski definition) is 5. The molecule has 0 fully saturated rings. The molecular weight excluding hydrogens is 400 g/mol. The lowest BCUT2D eigenvalue weighted by atomic mass is 10.0. The van der Waals surface area contributed by atoms with E-state index in [1.54, 1.807) is 19.3 Å². The summed E-state index contributed by atoms with van der Waals surface area (Å²) in [6, 6.07) is 7.48. The molecule has 1 atom stereocenters. The molecule has 1 N–H and O–H groups in total. The Hall–Kier alpha value is -2.64. The number of amides is 2. The Morgan fingerprint density at radius 3 is 2.77 bits per heavy atom. The smallest absolute Gasteiger partial charge is 0.283 e. The Morgan fingerprint density at radius 1 is 1.30 bits per heavy atom. The van der Waals surface area contributed by atoms with Crippen molar-refractivity contribution in [2.24, 2.45) is 4.99 Å². The van der Waals surface area contributed by atoms with Crippen LogP contribution in [-0.4, -0.2) is 49.1 Å². The second kappa shape index (κ2) is 10.4. The second-order valence-electron chi connectivity index (χ2n) is 7.15. The fraction of sp³-hybridized carbons (Fsp3) is 0.348. The molecule has 2 amide bonds. The maximum absolute atomic E-state index is 12.5. The highest BCUT2D eigenvalue weighted by Gasteiger charge is 2.28. The zero-order valence-electron chi connectivity index (χ0n) is 17.4. The number of nitrogens with one attached hydrogen (secondary N) is 1. The molecule has 1 aliphatic heterocycles. The van der Waals surface area contributed by atoms with E-state index in [0.29, 0.717) is 29.3 Å². The fourth-order valence-electron chi connectivity index (χ4n) is 2.92. The number of fused-ring (bicyclic) bond motifs is 1. The molecule has 1 heterocycles. The van der Waals surface area contributed by atoms with Gasteiger partial charge in [-0.25, -0.2) is 4.99 Å². The topological polar surface area (TPSA) is 77.0 Å². The molecule has 0 aromatic heterocycles. The third kappa shape index (κ3) is 5.93. The molecule has 0 bridgehead atoms. The molecule has 2 aliphatic rings. The lowest BCUT2D eigenvalue weighted by molar-refractivity contribution is -0.117. The van der Waals surface area contributed by atoms with Gasteiger partial charge in [0.15, 0.2) is 0 Å². The summed E-state index contributed by atoms with van der Waals surface area (Å²) >= 11 is 1.44. The van der Waals surface area contributed by atoms with Gasteiger partial charge in [-0.3, -0.25) is 9.59 Å². The first-order chi connectivity index (χ1) is 14.5. The van der Waals surface area contributed by atoms with Gasteiger partial charge in [-0.15, -0.1) is 11.8 Å². The SMILES string of the molecule is COc1ccc(/C=C2/SC3C=CC(C(=O)NCCCOC(C)C)=CC3=NC2=O)cc1. The number of ether oxygens (including phenoxy) is 2. The van der Waals surface area contributed by atoms with Crippen molar-refractivity contribution in [1.82, 2.24) is 5.32 Å². The summed E-state index contributed by atoms with van der Waals surface area (Å²) in [5, 5.41) is 2.80. The van der Waals surface area contributed by atoms with Crippen LogP contribution in [0.25, 0.3) is 6.08 Å². The molecule has 6 nitrogen and oxygen atoms in total. The molecule has 3 rings (SSSR count). The average Bonchev–Trinajstić information content (AvgIpc) is 2.74. The van der Waals surface area contributed by atoms with E-state index in [1.165, 1.54) is 11.8 Å². The summed E-state index contributed by atoms with van der Waals surface area (Å²) in [6.07, 6.45) is 8.15. The minimum atomic E-state index is -0.292. The van der Waals surface area contributed by atoms with Crippen LogP contribution in [-0.2, 0) is 14.3 Å². The summed E-state index contributed by atoms with van der Waals surface area (Å²) in [6.45, 7) is 5.11. The van der Waals surface area contributed by atoms with Crippen LogP contribution in [0.3, 0.4) is 0 Å². The number of carbonyl (C=O) groups excluding carboxylic acids is 2. The van der Waals surface area contributed by atoms with Gasteiger partial charge in [0.05, 0.1) is 29.1 Å². The number of carbonyl (C=O) groups is 2. The highest BCUT2D eigenvalue weighted by atomic mass is 32.2. The molecule has 1 aromatic rings. The molecule has 0 spiro atoms. The number of aliphatic imine (C=N–C) groups is 1. The highest BCUT2D eigenvalue weighted by Crippen LogP contribution is 2.34. The zero-order chi connectivity index (χ0) is 21.5. The summed E-state index contributed by atoms with van der Waals surface area (Å²) in [7, 11) is 1.61. The van der Waals surface area contributed by atoms with E-state index in [2.05, 4.69) is 10.3 Å². The first kappa shape index (κ1) is 22.1. The van der Waals surface area contributed by atoms with E-state index >= 15 is 0 Å². The number of allylic oxidation sites excluding steroid dienone is 1. The number of methoxy groups -OCH3 is 1.